The summed E-state index contributed by atoms with van der Waals surface area (Å²) >= 11 is 0. The Labute approximate surface area is 100 Å². The minimum atomic E-state index is -2.33. The van der Waals surface area contributed by atoms with E-state index < -0.39 is 8.80 Å². The molecule has 1 aliphatic heterocycles. The number of hydrogen-bond acceptors (Lipinski definition) is 4. The van der Waals surface area contributed by atoms with Crippen molar-refractivity contribution in [2.45, 2.75) is 33.2 Å². The Balaban J connectivity index is 2.51. The molecule has 0 aliphatic carbocycles. The van der Waals surface area contributed by atoms with Crippen LogP contribution in [0, 0.1) is 0 Å². The van der Waals surface area contributed by atoms with Gasteiger partial charge in [-0.25, -0.2) is 0 Å². The predicted octanol–water partition coefficient (Wildman–Crippen LogP) is 1.74. The van der Waals surface area contributed by atoms with Gasteiger partial charge in [-0.3, -0.25) is 0 Å². The standard InChI is InChI=1S/C11H25NO3Si/c1-4-12-8-7-11-16(13-5-2,14-6-3)15-10-9-12/h4-11H2,1-3H3. The normalized spacial score (nSPS) is 22.7. The molecule has 0 aromatic heterocycles. The quantitative estimate of drug-likeness (QED) is 0.693. The van der Waals surface area contributed by atoms with Crippen LogP contribution in [0.15, 0.2) is 0 Å². The molecule has 96 valence electrons. The third-order valence-corrected chi connectivity index (χ3v) is 5.93. The summed E-state index contributed by atoms with van der Waals surface area (Å²) in [4.78, 5) is 2.41. The van der Waals surface area contributed by atoms with Gasteiger partial charge in [0.15, 0.2) is 0 Å². The van der Waals surface area contributed by atoms with Crippen molar-refractivity contribution in [1.29, 1.82) is 0 Å². The highest BCUT2D eigenvalue weighted by molar-refractivity contribution is 6.60. The topological polar surface area (TPSA) is 30.9 Å². The van der Waals surface area contributed by atoms with Crippen LogP contribution in [0.25, 0.3) is 0 Å². The Kier molecular flexibility index (Phi) is 6.53. The van der Waals surface area contributed by atoms with Crippen LogP contribution in [0.2, 0.25) is 6.04 Å². The van der Waals surface area contributed by atoms with E-state index in [0.717, 1.165) is 38.7 Å². The van der Waals surface area contributed by atoms with Gasteiger partial charge in [0.25, 0.3) is 0 Å². The molecule has 0 spiro atoms. The third-order valence-electron chi connectivity index (χ3n) is 2.86. The lowest BCUT2D eigenvalue weighted by molar-refractivity contribution is 0.0502. The molecule has 5 heteroatoms. The maximum Gasteiger partial charge on any atom is 0.501 e. The SMILES string of the molecule is CCO[Si]1(OCC)CCCN(CC)CCO1. The fourth-order valence-corrected chi connectivity index (χ4v) is 4.61. The van der Waals surface area contributed by atoms with E-state index in [2.05, 4.69) is 11.8 Å². The minimum Gasteiger partial charge on any atom is -0.374 e. The van der Waals surface area contributed by atoms with Gasteiger partial charge in [0.05, 0.1) is 6.61 Å². The second-order valence-electron chi connectivity index (χ2n) is 3.94. The molecule has 0 radical (unpaired) electrons. The molecule has 1 heterocycles. The van der Waals surface area contributed by atoms with Crippen molar-refractivity contribution < 1.29 is 13.3 Å². The molecule has 1 saturated heterocycles. The molecule has 16 heavy (non-hydrogen) atoms. The molecule has 0 N–H and O–H groups in total. The fraction of sp³-hybridized carbons (Fsp3) is 1.00. The van der Waals surface area contributed by atoms with E-state index in [9.17, 15) is 0 Å². The van der Waals surface area contributed by atoms with E-state index in [0.29, 0.717) is 13.2 Å². The first kappa shape index (κ1) is 14.1. The largest absolute Gasteiger partial charge is 0.501 e. The first-order valence-electron chi connectivity index (χ1n) is 6.40. The van der Waals surface area contributed by atoms with Gasteiger partial charge in [0, 0.05) is 25.8 Å². The fourth-order valence-electron chi connectivity index (χ4n) is 2.06. The van der Waals surface area contributed by atoms with E-state index in [4.69, 9.17) is 13.3 Å². The van der Waals surface area contributed by atoms with E-state index in [1.54, 1.807) is 0 Å². The van der Waals surface area contributed by atoms with E-state index >= 15 is 0 Å². The second kappa shape index (κ2) is 7.40. The predicted molar refractivity (Wildman–Crippen MR) is 66.5 cm³/mol. The molecule has 0 amide bonds. The van der Waals surface area contributed by atoms with Crippen LogP contribution in [0.3, 0.4) is 0 Å². The van der Waals surface area contributed by atoms with Gasteiger partial charge in [-0.2, -0.15) is 0 Å². The molecular formula is C11H25NO3Si. The van der Waals surface area contributed by atoms with Gasteiger partial charge in [0.2, 0.25) is 0 Å². The van der Waals surface area contributed by atoms with Crippen LogP contribution in [0.5, 0.6) is 0 Å². The van der Waals surface area contributed by atoms with Crippen molar-refractivity contribution in [2.75, 3.05) is 39.5 Å². The Morgan fingerprint density at radius 2 is 1.81 bits per heavy atom. The van der Waals surface area contributed by atoms with Gasteiger partial charge in [-0.05, 0) is 33.4 Å². The lowest BCUT2D eigenvalue weighted by atomic mass is 10.4. The maximum atomic E-state index is 5.94. The summed E-state index contributed by atoms with van der Waals surface area (Å²) in [5.74, 6) is 0. The summed E-state index contributed by atoms with van der Waals surface area (Å²) in [5, 5.41) is 0. The van der Waals surface area contributed by atoms with Gasteiger partial charge in [-0.15, -0.1) is 0 Å². The van der Waals surface area contributed by atoms with Crippen molar-refractivity contribution in [3.8, 4) is 0 Å². The zero-order valence-electron chi connectivity index (χ0n) is 10.8. The maximum absolute atomic E-state index is 5.94. The number of hydrogen-bond donors (Lipinski definition) is 0. The average molecular weight is 247 g/mol. The summed E-state index contributed by atoms with van der Waals surface area (Å²) in [6.45, 7) is 11.5. The molecule has 0 atom stereocenters. The van der Waals surface area contributed by atoms with Crippen molar-refractivity contribution in [2.24, 2.45) is 0 Å². The number of likely N-dealkylation sites (N-methyl/N-ethyl adjacent to an activating group) is 1. The Hall–Kier alpha value is 0.0569. The number of rotatable bonds is 5. The molecule has 0 aromatic rings. The average Bonchev–Trinajstić information content (AvgIpc) is 2.24. The van der Waals surface area contributed by atoms with Crippen molar-refractivity contribution in [3.63, 3.8) is 0 Å². The van der Waals surface area contributed by atoms with Crippen molar-refractivity contribution >= 4 is 8.80 Å². The Morgan fingerprint density at radius 1 is 1.12 bits per heavy atom. The minimum absolute atomic E-state index is 0.684. The van der Waals surface area contributed by atoms with Gasteiger partial charge >= 0.3 is 8.80 Å². The molecule has 0 aromatic carbocycles. The van der Waals surface area contributed by atoms with Gasteiger partial charge in [0.1, 0.15) is 0 Å². The summed E-state index contributed by atoms with van der Waals surface area (Å²) in [5.41, 5.74) is 0. The zero-order chi connectivity index (χ0) is 11.9. The molecule has 0 bridgehead atoms. The third kappa shape index (κ3) is 4.14. The monoisotopic (exact) mass is 247 g/mol. The zero-order valence-corrected chi connectivity index (χ0v) is 11.8. The van der Waals surface area contributed by atoms with Gasteiger partial charge in [-0.1, -0.05) is 6.92 Å². The van der Waals surface area contributed by atoms with E-state index in [1.165, 1.54) is 0 Å². The van der Waals surface area contributed by atoms with E-state index in [-0.39, 0.29) is 0 Å². The van der Waals surface area contributed by atoms with Crippen molar-refractivity contribution in [1.82, 2.24) is 4.90 Å². The molecule has 1 rings (SSSR count). The molecule has 1 aliphatic rings. The van der Waals surface area contributed by atoms with E-state index in [1.807, 2.05) is 13.8 Å². The molecule has 0 saturated carbocycles. The van der Waals surface area contributed by atoms with Crippen LogP contribution < -0.4 is 0 Å². The second-order valence-corrected chi connectivity index (χ2v) is 6.67. The Bertz CT molecular complexity index is 174. The molecule has 4 nitrogen and oxygen atoms in total. The highest BCUT2D eigenvalue weighted by Gasteiger charge is 2.40. The summed E-state index contributed by atoms with van der Waals surface area (Å²) in [7, 11) is -2.33. The first-order chi connectivity index (χ1) is 7.76. The van der Waals surface area contributed by atoms with Crippen molar-refractivity contribution in [3.05, 3.63) is 0 Å². The lowest BCUT2D eigenvalue weighted by Gasteiger charge is -2.33. The van der Waals surface area contributed by atoms with Crippen LogP contribution in [-0.2, 0) is 13.3 Å². The number of nitrogens with zero attached hydrogens (tertiary/aromatic N) is 1. The summed E-state index contributed by atoms with van der Waals surface area (Å²) in [6, 6.07) is 0.950. The van der Waals surface area contributed by atoms with Crippen LogP contribution in [-0.4, -0.2) is 53.2 Å². The summed E-state index contributed by atoms with van der Waals surface area (Å²) < 4.78 is 17.5. The first-order valence-corrected chi connectivity index (χ1v) is 8.33. The molecule has 1 fully saturated rings. The van der Waals surface area contributed by atoms with Crippen LogP contribution in [0.4, 0.5) is 0 Å². The smallest absolute Gasteiger partial charge is 0.374 e. The molecular weight excluding hydrogens is 222 g/mol. The summed E-state index contributed by atoms with van der Waals surface area (Å²) in [6.07, 6.45) is 1.11. The highest BCUT2D eigenvalue weighted by atomic mass is 28.4. The lowest BCUT2D eigenvalue weighted by Crippen LogP contribution is -2.49. The highest BCUT2D eigenvalue weighted by Crippen LogP contribution is 2.20. The van der Waals surface area contributed by atoms with Crippen LogP contribution >= 0.6 is 0 Å². The van der Waals surface area contributed by atoms with Gasteiger partial charge < -0.3 is 18.2 Å². The molecule has 0 unspecified atom stereocenters. The Morgan fingerprint density at radius 3 is 2.38 bits per heavy atom. The van der Waals surface area contributed by atoms with Crippen LogP contribution in [0.1, 0.15) is 27.2 Å².